The van der Waals surface area contributed by atoms with Gasteiger partial charge in [-0.1, -0.05) is 17.7 Å². The maximum Gasteiger partial charge on any atom is 0.179 e. The van der Waals surface area contributed by atoms with Crippen LogP contribution in [-0.4, -0.2) is 25.7 Å². The number of methoxy groups -OCH3 is 2. The van der Waals surface area contributed by atoms with Gasteiger partial charge in [0.15, 0.2) is 11.5 Å². The topological polar surface area (TPSA) is 57.4 Å². The van der Waals surface area contributed by atoms with Gasteiger partial charge in [-0.15, -0.1) is 0 Å². The lowest BCUT2D eigenvalue weighted by Gasteiger charge is -2.16. The molecule has 2 aromatic rings. The maximum absolute atomic E-state index is 6.23. The van der Waals surface area contributed by atoms with Crippen LogP contribution < -0.4 is 15.2 Å². The van der Waals surface area contributed by atoms with Crippen molar-refractivity contribution in [1.82, 2.24) is 4.98 Å². The van der Waals surface area contributed by atoms with E-state index in [1.807, 2.05) is 30.3 Å². The summed E-state index contributed by atoms with van der Waals surface area (Å²) in [6, 6.07) is 9.65. The van der Waals surface area contributed by atoms with Gasteiger partial charge in [0.1, 0.15) is 0 Å². The number of benzene rings is 1. The Morgan fingerprint density at radius 1 is 1.24 bits per heavy atom. The molecule has 0 aliphatic rings. The molecule has 112 valence electrons. The summed E-state index contributed by atoms with van der Waals surface area (Å²) in [4.78, 5) is 4.38. The first-order valence-electron chi connectivity index (χ1n) is 6.71. The van der Waals surface area contributed by atoms with Gasteiger partial charge in [-0.05, 0) is 36.2 Å². The number of rotatable bonds is 6. The van der Waals surface area contributed by atoms with Crippen LogP contribution in [-0.2, 0) is 6.42 Å². The Morgan fingerprint density at radius 2 is 2.05 bits per heavy atom. The van der Waals surface area contributed by atoms with E-state index in [-0.39, 0.29) is 5.92 Å². The van der Waals surface area contributed by atoms with E-state index in [4.69, 9.17) is 26.8 Å². The minimum Gasteiger partial charge on any atom is -0.493 e. The summed E-state index contributed by atoms with van der Waals surface area (Å²) < 4.78 is 10.6. The van der Waals surface area contributed by atoms with Crippen LogP contribution in [0.5, 0.6) is 11.5 Å². The van der Waals surface area contributed by atoms with Crippen molar-refractivity contribution in [2.24, 2.45) is 5.73 Å². The second-order valence-corrected chi connectivity index (χ2v) is 5.11. The van der Waals surface area contributed by atoms with Crippen LogP contribution in [0.15, 0.2) is 36.5 Å². The van der Waals surface area contributed by atoms with Crippen molar-refractivity contribution in [3.8, 4) is 11.5 Å². The average Bonchev–Trinajstić information content (AvgIpc) is 2.52. The molecule has 1 aromatic heterocycles. The summed E-state index contributed by atoms with van der Waals surface area (Å²) in [6.45, 7) is 0.517. The summed E-state index contributed by atoms with van der Waals surface area (Å²) in [5.41, 5.74) is 7.91. The third kappa shape index (κ3) is 3.65. The Morgan fingerprint density at radius 3 is 2.62 bits per heavy atom. The zero-order chi connectivity index (χ0) is 15.2. The molecule has 1 unspecified atom stereocenters. The molecule has 1 aromatic carbocycles. The number of halogens is 1. The van der Waals surface area contributed by atoms with Gasteiger partial charge in [0.25, 0.3) is 0 Å². The number of nitrogens with zero attached hydrogens (tertiary/aromatic N) is 1. The molecule has 0 aliphatic carbocycles. The van der Waals surface area contributed by atoms with Gasteiger partial charge in [-0.25, -0.2) is 0 Å². The van der Waals surface area contributed by atoms with E-state index in [2.05, 4.69) is 4.98 Å². The van der Waals surface area contributed by atoms with Crippen LogP contribution in [0.2, 0.25) is 5.02 Å². The van der Waals surface area contributed by atoms with Gasteiger partial charge in [0, 0.05) is 24.4 Å². The lowest BCUT2D eigenvalue weighted by atomic mass is 9.95. The van der Waals surface area contributed by atoms with Crippen LogP contribution in [0.4, 0.5) is 0 Å². The summed E-state index contributed by atoms with van der Waals surface area (Å²) in [6.07, 6.45) is 2.52. The van der Waals surface area contributed by atoms with Crippen LogP contribution in [0.3, 0.4) is 0 Å². The van der Waals surface area contributed by atoms with Crippen LogP contribution in [0.25, 0.3) is 0 Å². The number of pyridine rings is 1. The van der Waals surface area contributed by atoms with Gasteiger partial charge in [0.05, 0.1) is 19.2 Å². The van der Waals surface area contributed by atoms with Crippen LogP contribution in [0, 0.1) is 0 Å². The van der Waals surface area contributed by atoms with E-state index in [1.54, 1.807) is 20.4 Å². The Bertz CT molecular complexity index is 590. The molecule has 2 rings (SSSR count). The zero-order valence-electron chi connectivity index (χ0n) is 12.2. The highest BCUT2D eigenvalue weighted by Crippen LogP contribution is 2.37. The zero-order valence-corrected chi connectivity index (χ0v) is 12.9. The van der Waals surface area contributed by atoms with Crippen molar-refractivity contribution in [2.75, 3.05) is 20.8 Å². The SMILES string of the molecule is COc1cc(CC(CN)c2ccccn2)cc(Cl)c1OC. The number of nitrogens with two attached hydrogens (primary N) is 1. The minimum atomic E-state index is 0.139. The highest BCUT2D eigenvalue weighted by atomic mass is 35.5. The van der Waals surface area contributed by atoms with E-state index < -0.39 is 0 Å². The second kappa shape index (κ2) is 7.29. The Kier molecular flexibility index (Phi) is 5.42. The molecule has 0 fully saturated rings. The molecule has 21 heavy (non-hydrogen) atoms. The van der Waals surface area contributed by atoms with Crippen LogP contribution in [0.1, 0.15) is 17.2 Å². The first-order valence-corrected chi connectivity index (χ1v) is 7.08. The number of ether oxygens (including phenoxy) is 2. The van der Waals surface area contributed by atoms with E-state index >= 15 is 0 Å². The van der Waals surface area contributed by atoms with Gasteiger partial charge in [-0.3, -0.25) is 4.98 Å². The molecule has 1 atom stereocenters. The predicted octanol–water partition coefficient (Wildman–Crippen LogP) is 3.04. The second-order valence-electron chi connectivity index (χ2n) is 4.70. The summed E-state index contributed by atoms with van der Waals surface area (Å²) >= 11 is 6.23. The molecule has 1 heterocycles. The first kappa shape index (κ1) is 15.6. The molecule has 0 amide bonds. The molecule has 0 bridgehead atoms. The average molecular weight is 307 g/mol. The molecule has 0 spiro atoms. The van der Waals surface area contributed by atoms with Crippen molar-refractivity contribution in [3.05, 3.63) is 52.8 Å². The van der Waals surface area contributed by atoms with Gasteiger partial charge >= 0.3 is 0 Å². The molecular weight excluding hydrogens is 288 g/mol. The van der Waals surface area contributed by atoms with Gasteiger partial charge in [-0.2, -0.15) is 0 Å². The summed E-state index contributed by atoms with van der Waals surface area (Å²) in [7, 11) is 3.16. The normalized spacial score (nSPS) is 12.0. The standard InChI is InChI=1S/C16H19ClN2O2/c1-20-15-9-11(8-13(17)16(15)21-2)7-12(10-18)14-5-3-4-6-19-14/h3-6,8-9,12H,7,10,18H2,1-2H3. The molecule has 0 saturated carbocycles. The third-order valence-electron chi connectivity index (χ3n) is 3.37. The molecule has 0 aliphatic heterocycles. The van der Waals surface area contributed by atoms with E-state index in [0.29, 0.717) is 23.1 Å². The highest BCUT2D eigenvalue weighted by molar-refractivity contribution is 6.32. The molecule has 5 heteroatoms. The van der Waals surface area contributed by atoms with E-state index in [9.17, 15) is 0 Å². The Hall–Kier alpha value is -1.78. The molecule has 0 saturated heterocycles. The third-order valence-corrected chi connectivity index (χ3v) is 3.65. The largest absolute Gasteiger partial charge is 0.493 e. The van der Waals surface area contributed by atoms with E-state index in [1.165, 1.54) is 0 Å². The molecular formula is C16H19ClN2O2. The Labute approximate surface area is 129 Å². The lowest BCUT2D eigenvalue weighted by Crippen LogP contribution is -2.16. The molecule has 2 N–H and O–H groups in total. The van der Waals surface area contributed by atoms with Crippen molar-refractivity contribution in [3.63, 3.8) is 0 Å². The van der Waals surface area contributed by atoms with Gasteiger partial charge < -0.3 is 15.2 Å². The highest BCUT2D eigenvalue weighted by Gasteiger charge is 2.16. The van der Waals surface area contributed by atoms with Gasteiger partial charge in [0.2, 0.25) is 0 Å². The maximum atomic E-state index is 6.23. The summed E-state index contributed by atoms with van der Waals surface area (Å²) in [5.74, 6) is 1.31. The molecule has 4 nitrogen and oxygen atoms in total. The molecule has 0 radical (unpaired) electrons. The fourth-order valence-electron chi connectivity index (χ4n) is 2.30. The summed E-state index contributed by atoms with van der Waals surface area (Å²) in [5, 5.41) is 0.531. The van der Waals surface area contributed by atoms with Crippen molar-refractivity contribution >= 4 is 11.6 Å². The fourth-order valence-corrected chi connectivity index (χ4v) is 2.61. The van der Waals surface area contributed by atoms with Crippen LogP contribution >= 0.6 is 11.6 Å². The van der Waals surface area contributed by atoms with Crippen molar-refractivity contribution in [2.45, 2.75) is 12.3 Å². The number of aromatic nitrogens is 1. The number of hydrogen-bond acceptors (Lipinski definition) is 4. The van der Waals surface area contributed by atoms with Crippen molar-refractivity contribution in [1.29, 1.82) is 0 Å². The fraction of sp³-hybridized carbons (Fsp3) is 0.312. The first-order chi connectivity index (χ1) is 10.2. The number of hydrogen-bond donors (Lipinski definition) is 1. The van der Waals surface area contributed by atoms with E-state index in [0.717, 1.165) is 17.7 Å². The predicted molar refractivity (Wildman–Crippen MR) is 84.3 cm³/mol. The Balaban J connectivity index is 2.28. The smallest absolute Gasteiger partial charge is 0.179 e. The minimum absolute atomic E-state index is 0.139. The lowest BCUT2D eigenvalue weighted by molar-refractivity contribution is 0.354. The monoisotopic (exact) mass is 306 g/mol. The quantitative estimate of drug-likeness (QED) is 0.891. The van der Waals surface area contributed by atoms with Crippen molar-refractivity contribution < 1.29 is 9.47 Å².